The van der Waals surface area contributed by atoms with Crippen molar-refractivity contribution < 1.29 is 9.59 Å². The number of amides is 1. The number of hydrogen-bond donors (Lipinski definition) is 1. The first-order valence-corrected chi connectivity index (χ1v) is 8.95. The second-order valence-corrected chi connectivity index (χ2v) is 7.98. The highest BCUT2D eigenvalue weighted by Crippen LogP contribution is 2.29. The van der Waals surface area contributed by atoms with Crippen LogP contribution in [0.5, 0.6) is 0 Å². The van der Waals surface area contributed by atoms with Crippen molar-refractivity contribution in [3.63, 3.8) is 0 Å². The standard InChI is InChI=1S/C18H31N3O2/c1-18(2,3)15(22)12-16(19)20-17(23)14-10-7-11-21(14)13-8-5-4-6-9-13/h13-14H,4-12H2,1-3H3,(H2,19,20,23). The minimum absolute atomic E-state index is 0.0158. The van der Waals surface area contributed by atoms with Crippen molar-refractivity contribution in [3.05, 3.63) is 0 Å². The minimum Gasteiger partial charge on any atom is -0.387 e. The molecule has 130 valence electrons. The molecular weight excluding hydrogens is 290 g/mol. The van der Waals surface area contributed by atoms with Gasteiger partial charge in [-0.3, -0.25) is 14.5 Å². The van der Waals surface area contributed by atoms with Crippen LogP contribution in [-0.4, -0.2) is 41.1 Å². The smallest absolute Gasteiger partial charge is 0.264 e. The van der Waals surface area contributed by atoms with Crippen molar-refractivity contribution in [3.8, 4) is 0 Å². The summed E-state index contributed by atoms with van der Waals surface area (Å²) >= 11 is 0. The summed E-state index contributed by atoms with van der Waals surface area (Å²) in [5.41, 5.74) is 5.40. The van der Waals surface area contributed by atoms with Gasteiger partial charge in [0.05, 0.1) is 12.5 Å². The third-order valence-electron chi connectivity index (χ3n) is 5.05. The van der Waals surface area contributed by atoms with Crippen LogP contribution >= 0.6 is 0 Å². The lowest BCUT2D eigenvalue weighted by molar-refractivity contribution is -0.125. The van der Waals surface area contributed by atoms with Crippen molar-refractivity contribution in [1.29, 1.82) is 0 Å². The number of Topliss-reactive ketones (excluding diaryl/α,β-unsaturated/α-hetero) is 1. The van der Waals surface area contributed by atoms with Crippen molar-refractivity contribution in [2.75, 3.05) is 6.54 Å². The molecule has 2 N–H and O–H groups in total. The lowest BCUT2D eigenvalue weighted by atomic mass is 9.89. The molecule has 1 saturated heterocycles. The first-order chi connectivity index (χ1) is 10.8. The predicted molar refractivity (Wildman–Crippen MR) is 92.3 cm³/mol. The summed E-state index contributed by atoms with van der Waals surface area (Å²) in [5, 5.41) is 0. The van der Waals surface area contributed by atoms with E-state index in [0.29, 0.717) is 6.04 Å². The van der Waals surface area contributed by atoms with Crippen LogP contribution in [0.2, 0.25) is 0 Å². The number of amidine groups is 1. The fourth-order valence-corrected chi connectivity index (χ4v) is 3.59. The summed E-state index contributed by atoms with van der Waals surface area (Å²) in [6, 6.07) is 0.384. The summed E-state index contributed by atoms with van der Waals surface area (Å²) in [5.74, 6) is 0.0137. The molecule has 1 amide bonds. The van der Waals surface area contributed by atoms with Gasteiger partial charge in [-0.25, -0.2) is 0 Å². The molecule has 0 aromatic carbocycles. The highest BCUT2D eigenvalue weighted by atomic mass is 16.2. The number of ketones is 1. The molecule has 1 aliphatic carbocycles. The van der Waals surface area contributed by atoms with E-state index in [0.717, 1.165) is 19.4 Å². The van der Waals surface area contributed by atoms with Crippen molar-refractivity contribution in [1.82, 2.24) is 4.90 Å². The maximum Gasteiger partial charge on any atom is 0.264 e. The lowest BCUT2D eigenvalue weighted by Gasteiger charge is -2.34. The Balaban J connectivity index is 1.98. The third-order valence-corrected chi connectivity index (χ3v) is 5.05. The Bertz CT molecular complexity index is 473. The Labute approximate surface area is 139 Å². The van der Waals surface area contributed by atoms with Crippen LogP contribution in [-0.2, 0) is 9.59 Å². The largest absolute Gasteiger partial charge is 0.387 e. The molecule has 0 aromatic heterocycles. The first-order valence-electron chi connectivity index (χ1n) is 8.95. The van der Waals surface area contributed by atoms with Gasteiger partial charge in [-0.2, -0.15) is 4.99 Å². The fraction of sp³-hybridized carbons (Fsp3) is 0.833. The van der Waals surface area contributed by atoms with E-state index in [9.17, 15) is 9.59 Å². The summed E-state index contributed by atoms with van der Waals surface area (Å²) in [4.78, 5) is 30.9. The molecule has 0 spiro atoms. The van der Waals surface area contributed by atoms with Gasteiger partial charge in [0.25, 0.3) is 5.91 Å². The quantitative estimate of drug-likeness (QED) is 0.638. The summed E-state index contributed by atoms with van der Waals surface area (Å²) in [6.07, 6.45) is 8.16. The SMILES string of the molecule is CC(C)(C)C(=O)CC(N)=NC(=O)C1CCCN1C1CCCCC1. The fourth-order valence-electron chi connectivity index (χ4n) is 3.59. The molecule has 1 aliphatic heterocycles. The second kappa shape index (κ2) is 7.56. The number of aliphatic imine (C=N–C) groups is 1. The number of hydrogen-bond acceptors (Lipinski definition) is 3. The zero-order valence-corrected chi connectivity index (χ0v) is 14.8. The number of carbonyl (C=O) groups excluding carboxylic acids is 2. The van der Waals surface area contributed by atoms with E-state index in [2.05, 4.69) is 9.89 Å². The third kappa shape index (κ3) is 4.87. The molecule has 2 aliphatic rings. The van der Waals surface area contributed by atoms with Crippen LogP contribution in [0.4, 0.5) is 0 Å². The van der Waals surface area contributed by atoms with E-state index < -0.39 is 5.41 Å². The molecule has 0 radical (unpaired) electrons. The Morgan fingerprint density at radius 2 is 1.74 bits per heavy atom. The zero-order chi connectivity index (χ0) is 17.0. The van der Waals surface area contributed by atoms with Gasteiger partial charge in [0.15, 0.2) is 0 Å². The number of carbonyl (C=O) groups is 2. The van der Waals surface area contributed by atoms with Crippen LogP contribution in [0.1, 0.15) is 72.1 Å². The summed E-state index contributed by atoms with van der Waals surface area (Å²) in [7, 11) is 0. The van der Waals surface area contributed by atoms with Crippen molar-refractivity contribution in [2.45, 2.75) is 84.2 Å². The van der Waals surface area contributed by atoms with Crippen LogP contribution in [0.25, 0.3) is 0 Å². The average Bonchev–Trinajstić information content (AvgIpc) is 2.96. The molecule has 1 atom stereocenters. The van der Waals surface area contributed by atoms with Crippen LogP contribution in [0, 0.1) is 5.41 Å². The molecule has 5 nitrogen and oxygen atoms in total. The topological polar surface area (TPSA) is 75.8 Å². The molecule has 2 rings (SSSR count). The van der Waals surface area contributed by atoms with E-state index in [-0.39, 0.29) is 30.0 Å². The van der Waals surface area contributed by atoms with Gasteiger partial charge in [0, 0.05) is 11.5 Å². The molecule has 0 aromatic rings. The number of likely N-dealkylation sites (tertiary alicyclic amines) is 1. The molecule has 0 bridgehead atoms. The number of nitrogens with zero attached hydrogens (tertiary/aromatic N) is 2. The number of nitrogens with two attached hydrogens (primary N) is 1. The normalized spacial score (nSPS) is 24.8. The lowest BCUT2D eigenvalue weighted by Crippen LogP contribution is -2.44. The van der Waals surface area contributed by atoms with E-state index in [1.54, 1.807) is 0 Å². The van der Waals surface area contributed by atoms with Gasteiger partial charge in [-0.15, -0.1) is 0 Å². The van der Waals surface area contributed by atoms with E-state index in [4.69, 9.17) is 5.73 Å². The van der Waals surface area contributed by atoms with Crippen LogP contribution in [0.3, 0.4) is 0 Å². The molecule has 1 saturated carbocycles. The van der Waals surface area contributed by atoms with Crippen LogP contribution < -0.4 is 5.73 Å². The van der Waals surface area contributed by atoms with Crippen molar-refractivity contribution >= 4 is 17.5 Å². The monoisotopic (exact) mass is 321 g/mol. The number of rotatable bonds is 4. The van der Waals surface area contributed by atoms with Gasteiger partial charge in [0.2, 0.25) is 0 Å². The molecule has 23 heavy (non-hydrogen) atoms. The Hall–Kier alpha value is -1.23. The Kier molecular flexibility index (Phi) is 5.95. The van der Waals surface area contributed by atoms with Crippen LogP contribution in [0.15, 0.2) is 4.99 Å². The van der Waals surface area contributed by atoms with E-state index >= 15 is 0 Å². The highest BCUT2D eigenvalue weighted by molar-refractivity contribution is 6.06. The van der Waals surface area contributed by atoms with E-state index in [1.165, 1.54) is 32.1 Å². The summed E-state index contributed by atoms with van der Waals surface area (Å²) in [6.45, 7) is 6.54. The Morgan fingerprint density at radius 3 is 2.35 bits per heavy atom. The molecule has 5 heteroatoms. The molecule has 1 heterocycles. The maximum absolute atomic E-state index is 12.5. The van der Waals surface area contributed by atoms with E-state index in [1.807, 2.05) is 20.8 Å². The van der Waals surface area contributed by atoms with Gasteiger partial charge >= 0.3 is 0 Å². The maximum atomic E-state index is 12.5. The Morgan fingerprint density at radius 1 is 1.09 bits per heavy atom. The second-order valence-electron chi connectivity index (χ2n) is 7.98. The average molecular weight is 321 g/mol. The van der Waals surface area contributed by atoms with Gasteiger partial charge in [0.1, 0.15) is 11.6 Å². The van der Waals surface area contributed by atoms with Gasteiger partial charge in [-0.05, 0) is 32.2 Å². The minimum atomic E-state index is -0.454. The first kappa shape index (κ1) is 18.1. The predicted octanol–water partition coefficient (Wildman–Crippen LogP) is 2.67. The molecular formula is C18H31N3O2. The summed E-state index contributed by atoms with van der Waals surface area (Å²) < 4.78 is 0. The molecule has 1 unspecified atom stereocenters. The zero-order valence-electron chi connectivity index (χ0n) is 14.8. The van der Waals surface area contributed by atoms with Crippen molar-refractivity contribution in [2.24, 2.45) is 16.1 Å². The molecule has 2 fully saturated rings. The highest BCUT2D eigenvalue weighted by Gasteiger charge is 2.35. The van der Waals surface area contributed by atoms with Gasteiger partial charge < -0.3 is 5.73 Å². The van der Waals surface area contributed by atoms with Gasteiger partial charge in [-0.1, -0.05) is 40.0 Å².